The van der Waals surface area contributed by atoms with Gasteiger partial charge in [-0.3, -0.25) is 9.78 Å². The fourth-order valence-corrected chi connectivity index (χ4v) is 3.52. The second-order valence-electron chi connectivity index (χ2n) is 5.31. The minimum atomic E-state index is -0.213. The predicted octanol–water partition coefficient (Wildman–Crippen LogP) is 3.21. The van der Waals surface area contributed by atoms with Gasteiger partial charge in [-0.25, -0.2) is 4.98 Å². The third-order valence-electron chi connectivity index (χ3n) is 3.76. The molecule has 0 unspecified atom stereocenters. The van der Waals surface area contributed by atoms with Crippen LogP contribution in [0.15, 0.2) is 43.0 Å². The Balaban J connectivity index is 1.67. The van der Waals surface area contributed by atoms with Crippen LogP contribution in [0.1, 0.15) is 10.4 Å². The molecule has 1 N–H and O–H groups in total. The van der Waals surface area contributed by atoms with Gasteiger partial charge in [0.25, 0.3) is 5.91 Å². The van der Waals surface area contributed by atoms with Crippen molar-refractivity contribution in [3.8, 4) is 11.5 Å². The van der Waals surface area contributed by atoms with Crippen molar-refractivity contribution in [3.05, 3.63) is 48.5 Å². The maximum atomic E-state index is 12.5. The van der Waals surface area contributed by atoms with E-state index in [-0.39, 0.29) is 5.91 Å². The van der Waals surface area contributed by atoms with Crippen molar-refractivity contribution in [3.63, 3.8) is 0 Å². The highest BCUT2D eigenvalue weighted by molar-refractivity contribution is 7.23. The van der Waals surface area contributed by atoms with E-state index in [0.717, 1.165) is 15.2 Å². The van der Waals surface area contributed by atoms with Crippen molar-refractivity contribution >= 4 is 38.1 Å². The van der Waals surface area contributed by atoms with Gasteiger partial charge in [0.1, 0.15) is 21.2 Å². The number of thiazole rings is 1. The van der Waals surface area contributed by atoms with Crippen LogP contribution in [-0.4, -0.2) is 34.5 Å². The highest BCUT2D eigenvalue weighted by atomic mass is 32.1. The fraction of sp³-hybridized carbons (Fsp3) is 0.118. The number of pyridine rings is 2. The Morgan fingerprint density at radius 1 is 1.12 bits per heavy atom. The number of methoxy groups -OCH3 is 2. The van der Waals surface area contributed by atoms with Crippen molar-refractivity contribution < 1.29 is 14.3 Å². The molecule has 0 aliphatic carbocycles. The highest BCUT2D eigenvalue weighted by Crippen LogP contribution is 2.29. The lowest BCUT2D eigenvalue weighted by atomic mass is 10.3. The molecule has 0 aliphatic heterocycles. The van der Waals surface area contributed by atoms with Crippen LogP contribution in [0.2, 0.25) is 0 Å². The molecule has 0 radical (unpaired) electrons. The summed E-state index contributed by atoms with van der Waals surface area (Å²) in [6.07, 6.45) is 6.62. The Morgan fingerprint density at radius 3 is 2.72 bits per heavy atom. The molecule has 0 fully saturated rings. The molecule has 0 saturated heterocycles. The first-order valence-electron chi connectivity index (χ1n) is 7.43. The summed E-state index contributed by atoms with van der Waals surface area (Å²) in [6, 6.07) is 5.45. The molecule has 0 aliphatic rings. The molecule has 0 saturated carbocycles. The summed E-state index contributed by atoms with van der Waals surface area (Å²) in [4.78, 5) is 22.7. The number of nitrogens with zero attached hydrogens (tertiary/aromatic N) is 3. The zero-order valence-corrected chi connectivity index (χ0v) is 14.3. The lowest BCUT2D eigenvalue weighted by Crippen LogP contribution is -2.11. The van der Waals surface area contributed by atoms with Crippen LogP contribution in [0.5, 0.6) is 11.5 Å². The molecule has 0 bridgehead atoms. The van der Waals surface area contributed by atoms with E-state index in [0.29, 0.717) is 22.7 Å². The normalized spacial score (nSPS) is 11.0. The molecule has 0 aromatic carbocycles. The fourth-order valence-electron chi connectivity index (χ4n) is 2.52. The summed E-state index contributed by atoms with van der Waals surface area (Å²) in [7, 11) is 3.15. The summed E-state index contributed by atoms with van der Waals surface area (Å²) in [5, 5.41) is 2.82. The minimum Gasteiger partial charge on any atom is -0.495 e. The molecule has 4 aromatic heterocycles. The molecule has 126 valence electrons. The summed E-state index contributed by atoms with van der Waals surface area (Å²) in [5.74, 6) is 1.05. The molecule has 4 aromatic rings. The van der Waals surface area contributed by atoms with Crippen LogP contribution < -0.4 is 14.8 Å². The number of aromatic nitrogens is 3. The average molecular weight is 354 g/mol. The lowest BCUT2D eigenvalue weighted by Gasteiger charge is -2.05. The van der Waals surface area contributed by atoms with Crippen LogP contribution in [-0.2, 0) is 0 Å². The van der Waals surface area contributed by atoms with Crippen LogP contribution in [0.25, 0.3) is 15.2 Å². The van der Waals surface area contributed by atoms with Gasteiger partial charge >= 0.3 is 0 Å². The quantitative estimate of drug-likeness (QED) is 0.609. The number of anilines is 1. The number of nitrogens with one attached hydrogen (secondary N) is 1. The third-order valence-corrected chi connectivity index (χ3v) is 4.79. The molecular weight excluding hydrogens is 340 g/mol. The predicted molar refractivity (Wildman–Crippen MR) is 95.9 cm³/mol. The minimum absolute atomic E-state index is 0.213. The maximum absolute atomic E-state index is 12.5. The van der Waals surface area contributed by atoms with Crippen LogP contribution in [0, 0.1) is 0 Å². The number of carbonyl (C=O) groups excluding carboxylic acids is 1. The van der Waals surface area contributed by atoms with E-state index in [9.17, 15) is 4.79 Å². The van der Waals surface area contributed by atoms with Crippen molar-refractivity contribution in [2.75, 3.05) is 19.5 Å². The van der Waals surface area contributed by atoms with Gasteiger partial charge < -0.3 is 19.2 Å². The lowest BCUT2D eigenvalue weighted by molar-refractivity contribution is 0.102. The molecular formula is C17H14N4O3S. The molecule has 4 rings (SSSR count). The number of hydrogen-bond donors (Lipinski definition) is 1. The van der Waals surface area contributed by atoms with Gasteiger partial charge in [0.05, 0.1) is 49.6 Å². The number of hydrogen-bond acceptors (Lipinski definition) is 6. The smallest absolute Gasteiger partial charge is 0.257 e. The number of ether oxygens (including phenoxy) is 2. The van der Waals surface area contributed by atoms with Gasteiger partial charge in [0.2, 0.25) is 0 Å². The van der Waals surface area contributed by atoms with Crippen LogP contribution in [0.4, 0.5) is 5.69 Å². The number of amides is 1. The Labute approximate surface area is 146 Å². The van der Waals surface area contributed by atoms with Gasteiger partial charge in [-0.05, 0) is 6.07 Å². The van der Waals surface area contributed by atoms with E-state index in [4.69, 9.17) is 9.47 Å². The first kappa shape index (κ1) is 15.4. The van der Waals surface area contributed by atoms with E-state index >= 15 is 0 Å². The first-order valence-corrected chi connectivity index (χ1v) is 8.24. The molecule has 1 amide bonds. The third kappa shape index (κ3) is 2.76. The summed E-state index contributed by atoms with van der Waals surface area (Å²) in [5.41, 5.74) is 2.03. The van der Waals surface area contributed by atoms with Gasteiger partial charge in [-0.2, -0.15) is 0 Å². The summed E-state index contributed by atoms with van der Waals surface area (Å²) < 4.78 is 12.3. The zero-order valence-electron chi connectivity index (χ0n) is 13.5. The topological polar surface area (TPSA) is 77.8 Å². The van der Waals surface area contributed by atoms with Crippen LogP contribution >= 0.6 is 11.3 Å². The summed E-state index contributed by atoms with van der Waals surface area (Å²) in [6.45, 7) is 0. The zero-order chi connectivity index (χ0) is 17.4. The number of fused-ring (bicyclic) bond motifs is 3. The van der Waals surface area contributed by atoms with Gasteiger partial charge in [-0.1, -0.05) is 11.3 Å². The van der Waals surface area contributed by atoms with Crippen molar-refractivity contribution in [1.29, 1.82) is 0 Å². The summed E-state index contributed by atoms with van der Waals surface area (Å²) >= 11 is 1.52. The average Bonchev–Trinajstić information content (AvgIpc) is 3.19. The first-order chi connectivity index (χ1) is 12.2. The maximum Gasteiger partial charge on any atom is 0.257 e. The monoisotopic (exact) mass is 354 g/mol. The van der Waals surface area contributed by atoms with E-state index in [1.807, 2.05) is 16.5 Å². The Hall–Kier alpha value is -3.13. The molecule has 0 atom stereocenters. The second kappa shape index (κ2) is 6.06. The largest absolute Gasteiger partial charge is 0.495 e. The van der Waals surface area contributed by atoms with E-state index in [1.165, 1.54) is 11.3 Å². The molecule has 25 heavy (non-hydrogen) atoms. The Morgan fingerprint density at radius 2 is 1.92 bits per heavy atom. The van der Waals surface area contributed by atoms with Gasteiger partial charge in [0.15, 0.2) is 0 Å². The molecule has 8 heteroatoms. The van der Waals surface area contributed by atoms with Crippen molar-refractivity contribution in [2.45, 2.75) is 0 Å². The standard InChI is InChI=1S/C17H14N4O3S/c1-23-12-4-11(6-18-7-12)20-16(22)10-3-15-21(9-10)14-5-13(24-2)8-19-17(14)25-15/h3-9H,1-2H3,(H,20,22). The van der Waals surface area contributed by atoms with E-state index in [1.54, 1.807) is 45.1 Å². The molecule has 0 spiro atoms. The van der Waals surface area contributed by atoms with Gasteiger partial charge in [0, 0.05) is 18.3 Å². The van der Waals surface area contributed by atoms with Crippen molar-refractivity contribution in [1.82, 2.24) is 14.4 Å². The van der Waals surface area contributed by atoms with E-state index in [2.05, 4.69) is 15.3 Å². The highest BCUT2D eigenvalue weighted by Gasteiger charge is 2.14. The van der Waals surface area contributed by atoms with Crippen LogP contribution in [0.3, 0.4) is 0 Å². The number of rotatable bonds is 4. The van der Waals surface area contributed by atoms with Crippen molar-refractivity contribution in [2.24, 2.45) is 0 Å². The SMILES string of the molecule is COc1cncc(NC(=O)c2cc3sc4ncc(OC)cc4n3c2)c1. The van der Waals surface area contributed by atoms with E-state index < -0.39 is 0 Å². The second-order valence-corrected chi connectivity index (χ2v) is 6.32. The Kier molecular flexibility index (Phi) is 3.73. The molecule has 4 heterocycles. The number of carbonyl (C=O) groups is 1. The van der Waals surface area contributed by atoms with Gasteiger partial charge in [-0.15, -0.1) is 0 Å². The Bertz CT molecular complexity index is 1090. The molecule has 7 nitrogen and oxygen atoms in total.